The molecule has 0 amide bonds. The number of nitrogens with one attached hydrogen (secondary N) is 2. The molecule has 0 spiro atoms. The molecule has 0 aliphatic carbocycles. The van der Waals surface area contributed by atoms with Gasteiger partial charge in [0.2, 0.25) is 4.77 Å². The van der Waals surface area contributed by atoms with Crippen molar-refractivity contribution in [1.82, 2.24) is 19.9 Å². The first kappa shape index (κ1) is 19.7. The Morgan fingerprint density at radius 3 is 2.57 bits per heavy atom. The second-order valence-corrected chi connectivity index (χ2v) is 6.90. The van der Waals surface area contributed by atoms with Crippen molar-refractivity contribution < 1.29 is 9.47 Å². The monoisotopic (exact) mass is 419 g/mol. The van der Waals surface area contributed by atoms with Gasteiger partial charge in [-0.1, -0.05) is 36.4 Å². The predicted octanol–water partition coefficient (Wildman–Crippen LogP) is 4.33. The van der Waals surface area contributed by atoms with Gasteiger partial charge in [-0.3, -0.25) is 4.98 Å². The van der Waals surface area contributed by atoms with Crippen molar-refractivity contribution in [2.45, 2.75) is 13.2 Å². The molecule has 0 aliphatic heterocycles. The molecular formula is C22H21N5O2S. The van der Waals surface area contributed by atoms with Gasteiger partial charge < -0.3 is 14.9 Å². The Bertz CT molecular complexity index is 1160. The number of rotatable bonds is 8. The number of nitrogens with zero attached hydrogens (tertiary/aromatic N) is 3. The minimum Gasteiger partial charge on any atom is -0.493 e. The SMILES string of the molecule is COc1cc(CNn2c(-c3ccncc3)n[nH]c2=S)ccc1OCc1ccccc1. The summed E-state index contributed by atoms with van der Waals surface area (Å²) in [6, 6.07) is 19.6. The molecule has 0 radical (unpaired) electrons. The number of benzene rings is 2. The maximum absolute atomic E-state index is 5.93. The average molecular weight is 420 g/mol. The number of pyridine rings is 1. The molecule has 0 aliphatic rings. The molecule has 4 aromatic rings. The van der Waals surface area contributed by atoms with Gasteiger partial charge >= 0.3 is 0 Å². The molecule has 0 atom stereocenters. The second-order valence-electron chi connectivity index (χ2n) is 6.52. The van der Waals surface area contributed by atoms with E-state index in [1.807, 2.05) is 60.7 Å². The summed E-state index contributed by atoms with van der Waals surface area (Å²) in [7, 11) is 1.63. The number of hydrogen-bond acceptors (Lipinski definition) is 6. The van der Waals surface area contributed by atoms with Crippen molar-refractivity contribution in [3.63, 3.8) is 0 Å². The van der Waals surface area contributed by atoms with E-state index < -0.39 is 0 Å². The number of hydrogen-bond donors (Lipinski definition) is 2. The molecule has 0 bridgehead atoms. The van der Waals surface area contributed by atoms with Crippen LogP contribution in [0.4, 0.5) is 0 Å². The molecule has 7 nitrogen and oxygen atoms in total. The van der Waals surface area contributed by atoms with Crippen molar-refractivity contribution >= 4 is 12.2 Å². The van der Waals surface area contributed by atoms with Gasteiger partial charge in [-0.05, 0) is 47.6 Å². The highest BCUT2D eigenvalue weighted by atomic mass is 32.1. The zero-order chi connectivity index (χ0) is 20.8. The normalized spacial score (nSPS) is 10.6. The maximum Gasteiger partial charge on any atom is 0.214 e. The first-order valence-corrected chi connectivity index (χ1v) is 9.81. The summed E-state index contributed by atoms with van der Waals surface area (Å²) in [5.74, 6) is 2.06. The van der Waals surface area contributed by atoms with E-state index in [0.717, 1.165) is 16.7 Å². The molecule has 2 heterocycles. The Hall–Kier alpha value is -3.65. The van der Waals surface area contributed by atoms with E-state index in [9.17, 15) is 0 Å². The van der Waals surface area contributed by atoms with Crippen molar-refractivity contribution in [1.29, 1.82) is 0 Å². The highest BCUT2D eigenvalue weighted by Gasteiger charge is 2.10. The lowest BCUT2D eigenvalue weighted by atomic mass is 10.2. The molecular weight excluding hydrogens is 398 g/mol. The zero-order valence-electron chi connectivity index (χ0n) is 16.4. The Morgan fingerprint density at radius 1 is 1.00 bits per heavy atom. The van der Waals surface area contributed by atoms with Crippen molar-refractivity contribution in [2.24, 2.45) is 0 Å². The van der Waals surface area contributed by atoms with Crippen LogP contribution in [-0.2, 0) is 13.2 Å². The number of H-pyrrole nitrogens is 1. The van der Waals surface area contributed by atoms with Crippen LogP contribution in [-0.4, -0.2) is 27.0 Å². The van der Waals surface area contributed by atoms with E-state index >= 15 is 0 Å². The topological polar surface area (TPSA) is 77.0 Å². The molecule has 2 N–H and O–H groups in total. The molecule has 0 saturated carbocycles. The van der Waals surface area contributed by atoms with E-state index in [2.05, 4.69) is 20.6 Å². The second kappa shape index (κ2) is 9.23. The molecule has 0 unspecified atom stereocenters. The number of ether oxygens (including phenoxy) is 2. The van der Waals surface area contributed by atoms with Crippen LogP contribution in [0.1, 0.15) is 11.1 Å². The van der Waals surface area contributed by atoms with Gasteiger partial charge in [-0.2, -0.15) is 5.10 Å². The van der Waals surface area contributed by atoms with Crippen LogP contribution in [0.5, 0.6) is 11.5 Å². The van der Waals surface area contributed by atoms with Crippen molar-refractivity contribution in [2.75, 3.05) is 12.5 Å². The van der Waals surface area contributed by atoms with Crippen LogP contribution in [0.3, 0.4) is 0 Å². The lowest BCUT2D eigenvalue weighted by Crippen LogP contribution is -2.16. The van der Waals surface area contributed by atoms with Crippen molar-refractivity contribution in [3.05, 3.63) is 89.0 Å². The average Bonchev–Trinajstić information content (AvgIpc) is 3.18. The van der Waals surface area contributed by atoms with E-state index in [1.165, 1.54) is 0 Å². The van der Waals surface area contributed by atoms with Crippen LogP contribution in [0.2, 0.25) is 0 Å². The van der Waals surface area contributed by atoms with Gasteiger partial charge in [0.05, 0.1) is 13.7 Å². The molecule has 4 rings (SSSR count). The first-order valence-electron chi connectivity index (χ1n) is 9.40. The molecule has 8 heteroatoms. The maximum atomic E-state index is 5.93. The number of aromatic amines is 1. The quantitative estimate of drug-likeness (QED) is 0.414. The van der Waals surface area contributed by atoms with Gasteiger partial charge in [-0.25, -0.2) is 9.77 Å². The third-order valence-electron chi connectivity index (χ3n) is 4.52. The molecule has 152 valence electrons. The van der Waals surface area contributed by atoms with Gasteiger partial charge in [0.1, 0.15) is 6.61 Å². The number of methoxy groups -OCH3 is 1. The highest BCUT2D eigenvalue weighted by Crippen LogP contribution is 2.29. The Morgan fingerprint density at radius 2 is 1.80 bits per heavy atom. The van der Waals surface area contributed by atoms with Crippen LogP contribution in [0.15, 0.2) is 73.1 Å². The summed E-state index contributed by atoms with van der Waals surface area (Å²) < 4.78 is 13.7. The fourth-order valence-corrected chi connectivity index (χ4v) is 3.18. The Kier molecular flexibility index (Phi) is 6.05. The smallest absolute Gasteiger partial charge is 0.214 e. The van der Waals surface area contributed by atoms with Gasteiger partial charge in [-0.15, -0.1) is 0 Å². The molecule has 30 heavy (non-hydrogen) atoms. The van der Waals surface area contributed by atoms with E-state index in [-0.39, 0.29) is 0 Å². The van der Waals surface area contributed by atoms with Crippen LogP contribution in [0.25, 0.3) is 11.4 Å². The lowest BCUT2D eigenvalue weighted by Gasteiger charge is -2.14. The third kappa shape index (κ3) is 4.49. The summed E-state index contributed by atoms with van der Waals surface area (Å²) in [6.45, 7) is 1.01. The highest BCUT2D eigenvalue weighted by molar-refractivity contribution is 7.71. The standard InChI is InChI=1S/C22H21N5O2S/c1-28-20-13-17(7-8-19(20)29-15-16-5-3-2-4-6-16)14-24-27-21(25-26-22(27)30)18-9-11-23-12-10-18/h2-13,24H,14-15H2,1H3,(H,26,30). The third-order valence-corrected chi connectivity index (χ3v) is 4.79. The molecule has 0 fully saturated rings. The molecule has 0 saturated heterocycles. The summed E-state index contributed by atoms with van der Waals surface area (Å²) in [5, 5.41) is 7.13. The van der Waals surface area contributed by atoms with E-state index in [1.54, 1.807) is 24.2 Å². The van der Waals surface area contributed by atoms with Crippen molar-refractivity contribution in [3.8, 4) is 22.9 Å². The Balaban J connectivity index is 1.47. The largest absolute Gasteiger partial charge is 0.493 e. The van der Waals surface area contributed by atoms with Crippen LogP contribution >= 0.6 is 12.2 Å². The molecule has 2 aromatic carbocycles. The first-order chi connectivity index (χ1) is 14.7. The summed E-state index contributed by atoms with van der Waals surface area (Å²) in [6.07, 6.45) is 3.44. The zero-order valence-corrected chi connectivity index (χ0v) is 17.2. The van der Waals surface area contributed by atoms with E-state index in [0.29, 0.717) is 35.2 Å². The minimum absolute atomic E-state index is 0.480. The van der Waals surface area contributed by atoms with Crippen LogP contribution in [0, 0.1) is 4.77 Å². The lowest BCUT2D eigenvalue weighted by molar-refractivity contribution is 0.284. The van der Waals surface area contributed by atoms with Gasteiger partial charge in [0.15, 0.2) is 17.3 Å². The van der Waals surface area contributed by atoms with E-state index in [4.69, 9.17) is 21.7 Å². The fourth-order valence-electron chi connectivity index (χ4n) is 2.99. The summed E-state index contributed by atoms with van der Waals surface area (Å²) >= 11 is 5.36. The van der Waals surface area contributed by atoms with Crippen LogP contribution < -0.4 is 14.9 Å². The van der Waals surface area contributed by atoms with Gasteiger partial charge in [0.25, 0.3) is 0 Å². The fraction of sp³-hybridized carbons (Fsp3) is 0.136. The number of aromatic nitrogens is 4. The molecule has 2 aromatic heterocycles. The minimum atomic E-state index is 0.480. The predicted molar refractivity (Wildman–Crippen MR) is 117 cm³/mol. The van der Waals surface area contributed by atoms with Gasteiger partial charge in [0, 0.05) is 18.0 Å². The summed E-state index contributed by atoms with van der Waals surface area (Å²) in [5.41, 5.74) is 6.33. The summed E-state index contributed by atoms with van der Waals surface area (Å²) in [4.78, 5) is 4.04. The Labute approximate surface area is 179 Å².